The fourth-order valence-corrected chi connectivity index (χ4v) is 3.13. The minimum absolute atomic E-state index is 0.0203. The first-order valence-corrected chi connectivity index (χ1v) is 7.96. The zero-order chi connectivity index (χ0) is 17.4. The maximum Gasteiger partial charge on any atom is 0.335 e. The van der Waals surface area contributed by atoms with Crippen molar-refractivity contribution in [3.63, 3.8) is 0 Å². The summed E-state index contributed by atoms with van der Waals surface area (Å²) >= 11 is 0. The van der Waals surface area contributed by atoms with Gasteiger partial charge in [-0.1, -0.05) is 36.4 Å². The molecule has 2 N–H and O–H groups in total. The average molecular weight is 338 g/mol. The molecule has 25 heavy (non-hydrogen) atoms. The van der Waals surface area contributed by atoms with E-state index in [1.54, 1.807) is 0 Å². The Morgan fingerprint density at radius 1 is 1.08 bits per heavy atom. The summed E-state index contributed by atoms with van der Waals surface area (Å²) < 4.78 is 14.2. The van der Waals surface area contributed by atoms with Gasteiger partial charge in [0.15, 0.2) is 0 Å². The van der Waals surface area contributed by atoms with Gasteiger partial charge in [0.2, 0.25) is 5.95 Å². The number of rotatable bonds is 2. The van der Waals surface area contributed by atoms with E-state index in [1.165, 1.54) is 12.1 Å². The third-order valence-electron chi connectivity index (χ3n) is 4.33. The predicted octanol–water partition coefficient (Wildman–Crippen LogP) is 2.16. The topological polar surface area (TPSA) is 79.8 Å². The lowest BCUT2D eigenvalue weighted by molar-refractivity contribution is 0.577. The maximum atomic E-state index is 13.3. The molecule has 2 aromatic heterocycles. The minimum Gasteiger partial charge on any atom is -0.364 e. The van der Waals surface area contributed by atoms with Crippen molar-refractivity contribution >= 4 is 5.82 Å². The van der Waals surface area contributed by atoms with Gasteiger partial charge in [0.25, 0.3) is 5.56 Å². The molecule has 1 aromatic carbocycles. The quantitative estimate of drug-likeness (QED) is 0.702. The van der Waals surface area contributed by atoms with Gasteiger partial charge >= 0.3 is 5.69 Å². The highest BCUT2D eigenvalue weighted by molar-refractivity contribution is 5.48. The van der Waals surface area contributed by atoms with E-state index in [0.717, 1.165) is 22.6 Å². The van der Waals surface area contributed by atoms with Crippen LogP contribution in [0.5, 0.6) is 0 Å². The first-order valence-electron chi connectivity index (χ1n) is 7.96. The van der Waals surface area contributed by atoms with E-state index in [2.05, 4.69) is 15.3 Å². The molecule has 0 saturated heterocycles. The second-order valence-corrected chi connectivity index (χ2v) is 5.89. The third kappa shape index (κ3) is 2.73. The summed E-state index contributed by atoms with van der Waals surface area (Å²) in [5.74, 6) is -0.356. The van der Waals surface area contributed by atoms with Crippen molar-refractivity contribution < 1.29 is 4.39 Å². The highest BCUT2D eigenvalue weighted by Gasteiger charge is 2.24. The molecular formula is C18H15FN4O2. The molecule has 3 aromatic rings. The Morgan fingerprint density at radius 2 is 1.88 bits per heavy atom. The molecule has 7 heteroatoms. The molecule has 0 saturated carbocycles. The van der Waals surface area contributed by atoms with Crippen molar-refractivity contribution in [1.29, 1.82) is 0 Å². The molecule has 3 heterocycles. The molecule has 0 amide bonds. The zero-order valence-corrected chi connectivity index (χ0v) is 13.2. The lowest BCUT2D eigenvalue weighted by Crippen LogP contribution is -2.39. The lowest BCUT2D eigenvalue weighted by atomic mass is 9.96. The van der Waals surface area contributed by atoms with E-state index in [0.29, 0.717) is 17.8 Å². The monoisotopic (exact) mass is 338 g/mol. The number of H-pyrrole nitrogens is 1. The van der Waals surface area contributed by atoms with Crippen LogP contribution in [0, 0.1) is 5.95 Å². The number of pyridine rings is 1. The summed E-state index contributed by atoms with van der Waals surface area (Å²) in [6.07, 6.45) is 1.22. The fourth-order valence-electron chi connectivity index (χ4n) is 3.13. The SMILES string of the molecule is O=c1[nH]c2c(c(=O)n1-c1cccc(F)n1)CC[C@H](c1ccccc1)N2. The molecule has 1 aliphatic heterocycles. The van der Waals surface area contributed by atoms with E-state index in [1.807, 2.05) is 30.3 Å². The lowest BCUT2D eigenvalue weighted by Gasteiger charge is -2.26. The van der Waals surface area contributed by atoms with Crippen LogP contribution in [-0.4, -0.2) is 14.5 Å². The number of halogens is 1. The van der Waals surface area contributed by atoms with Crippen LogP contribution >= 0.6 is 0 Å². The molecule has 1 atom stereocenters. The summed E-state index contributed by atoms with van der Waals surface area (Å²) in [4.78, 5) is 31.4. The van der Waals surface area contributed by atoms with Crippen molar-refractivity contribution in [3.05, 3.63) is 86.4 Å². The molecular weight excluding hydrogens is 323 g/mol. The van der Waals surface area contributed by atoms with Crippen molar-refractivity contribution in [1.82, 2.24) is 14.5 Å². The summed E-state index contributed by atoms with van der Waals surface area (Å²) in [7, 11) is 0. The van der Waals surface area contributed by atoms with Crippen LogP contribution < -0.4 is 16.6 Å². The number of nitrogens with one attached hydrogen (secondary N) is 2. The van der Waals surface area contributed by atoms with Crippen LogP contribution in [0.25, 0.3) is 5.82 Å². The highest BCUT2D eigenvalue weighted by Crippen LogP contribution is 2.28. The standard InChI is InChI=1S/C18H15FN4O2/c19-14-7-4-8-15(21-14)23-17(24)12-9-10-13(11-5-2-1-3-6-11)20-16(12)22-18(23)25/h1-8,13,20H,9-10H2,(H,22,25)/t13-/m1/s1. The number of aromatic amines is 1. The van der Waals surface area contributed by atoms with E-state index >= 15 is 0 Å². The summed E-state index contributed by atoms with van der Waals surface area (Å²) in [5.41, 5.74) is 0.432. The van der Waals surface area contributed by atoms with Gasteiger partial charge in [-0.15, -0.1) is 0 Å². The summed E-state index contributed by atoms with van der Waals surface area (Å²) in [5, 5.41) is 3.22. The van der Waals surface area contributed by atoms with Gasteiger partial charge in [-0.25, -0.2) is 14.3 Å². The molecule has 0 spiro atoms. The van der Waals surface area contributed by atoms with Crippen LogP contribution in [0.4, 0.5) is 10.2 Å². The molecule has 0 unspecified atom stereocenters. The smallest absolute Gasteiger partial charge is 0.335 e. The van der Waals surface area contributed by atoms with Crippen LogP contribution in [-0.2, 0) is 6.42 Å². The number of nitrogens with zero attached hydrogens (tertiary/aromatic N) is 2. The van der Waals surface area contributed by atoms with Gasteiger partial charge in [0, 0.05) is 0 Å². The number of aromatic nitrogens is 3. The predicted molar refractivity (Wildman–Crippen MR) is 91.5 cm³/mol. The molecule has 0 fully saturated rings. The summed E-state index contributed by atoms with van der Waals surface area (Å²) in [6.45, 7) is 0. The molecule has 126 valence electrons. The second-order valence-electron chi connectivity index (χ2n) is 5.89. The number of fused-ring (bicyclic) bond motifs is 1. The third-order valence-corrected chi connectivity index (χ3v) is 4.33. The number of hydrogen-bond acceptors (Lipinski definition) is 4. The van der Waals surface area contributed by atoms with Gasteiger partial charge < -0.3 is 5.32 Å². The second kappa shape index (κ2) is 6.01. The fraction of sp³-hybridized carbons (Fsp3) is 0.167. The van der Waals surface area contributed by atoms with E-state index < -0.39 is 17.2 Å². The van der Waals surface area contributed by atoms with E-state index in [-0.39, 0.29) is 11.9 Å². The maximum absolute atomic E-state index is 13.3. The first kappa shape index (κ1) is 15.3. The van der Waals surface area contributed by atoms with Crippen LogP contribution in [0.2, 0.25) is 0 Å². The molecule has 6 nitrogen and oxygen atoms in total. The van der Waals surface area contributed by atoms with Gasteiger partial charge in [0.1, 0.15) is 11.6 Å². The Labute approximate surface area is 142 Å². The Hall–Kier alpha value is -3.22. The molecule has 0 bridgehead atoms. The molecule has 4 rings (SSSR count). The number of hydrogen-bond donors (Lipinski definition) is 2. The van der Waals surface area contributed by atoms with Gasteiger partial charge in [-0.2, -0.15) is 4.39 Å². The minimum atomic E-state index is -0.746. The number of benzene rings is 1. The van der Waals surface area contributed by atoms with E-state index in [9.17, 15) is 14.0 Å². The Bertz CT molecular complexity index is 1040. The Balaban J connectivity index is 1.78. The van der Waals surface area contributed by atoms with Crippen molar-refractivity contribution in [3.8, 4) is 5.82 Å². The van der Waals surface area contributed by atoms with Crippen LogP contribution in [0.3, 0.4) is 0 Å². The van der Waals surface area contributed by atoms with Gasteiger partial charge in [-0.05, 0) is 30.5 Å². The largest absolute Gasteiger partial charge is 0.364 e. The van der Waals surface area contributed by atoms with Crippen LogP contribution in [0.15, 0.2) is 58.1 Å². The Morgan fingerprint density at radius 3 is 2.64 bits per heavy atom. The van der Waals surface area contributed by atoms with E-state index in [4.69, 9.17) is 0 Å². The Kier molecular flexibility index (Phi) is 3.68. The number of anilines is 1. The molecule has 0 radical (unpaired) electrons. The summed E-state index contributed by atoms with van der Waals surface area (Å²) in [6, 6.07) is 13.8. The molecule has 0 aliphatic carbocycles. The van der Waals surface area contributed by atoms with Crippen LogP contribution in [0.1, 0.15) is 23.6 Å². The van der Waals surface area contributed by atoms with Crippen molar-refractivity contribution in [2.24, 2.45) is 0 Å². The zero-order valence-electron chi connectivity index (χ0n) is 13.2. The van der Waals surface area contributed by atoms with Crippen molar-refractivity contribution in [2.45, 2.75) is 18.9 Å². The molecule has 1 aliphatic rings. The first-order chi connectivity index (χ1) is 12.1. The van der Waals surface area contributed by atoms with Gasteiger partial charge in [-0.3, -0.25) is 9.78 Å². The average Bonchev–Trinajstić information content (AvgIpc) is 2.62. The normalized spacial score (nSPS) is 16.1. The van der Waals surface area contributed by atoms with Gasteiger partial charge in [0.05, 0.1) is 11.6 Å². The highest BCUT2D eigenvalue weighted by atomic mass is 19.1. The van der Waals surface area contributed by atoms with Crippen molar-refractivity contribution in [2.75, 3.05) is 5.32 Å².